The van der Waals surface area contributed by atoms with E-state index in [-0.39, 0.29) is 10.8 Å². The minimum atomic E-state index is -0.369. The predicted molar refractivity (Wildman–Crippen MR) is 87.1 cm³/mol. The first-order valence-corrected chi connectivity index (χ1v) is 7.62. The van der Waals surface area contributed by atoms with Crippen LogP contribution in [-0.2, 0) is 0 Å². The minimum Gasteiger partial charge on any atom is -0.585 e. The first-order chi connectivity index (χ1) is 10.6. The van der Waals surface area contributed by atoms with E-state index in [1.807, 2.05) is 30.3 Å². The lowest BCUT2D eigenvalue weighted by molar-refractivity contribution is -0.963. The quantitative estimate of drug-likeness (QED) is 0.794. The lowest BCUT2D eigenvalue weighted by Crippen LogP contribution is -3.04. The molecule has 1 N–H and O–H groups in total. The highest BCUT2D eigenvalue weighted by molar-refractivity contribution is 5.33. The fourth-order valence-electron chi connectivity index (χ4n) is 2.02. The Labute approximate surface area is 131 Å². The van der Waals surface area contributed by atoms with Gasteiger partial charge in [0.05, 0.1) is 0 Å². The van der Waals surface area contributed by atoms with Crippen molar-refractivity contribution in [2.75, 3.05) is 0 Å². The third-order valence-electron chi connectivity index (χ3n) is 3.89. The second-order valence-electron chi connectivity index (χ2n) is 5.49. The zero-order chi connectivity index (χ0) is 16.0. The average molecular weight is 301 g/mol. The second kappa shape index (κ2) is 7.29. The molecule has 22 heavy (non-hydrogen) atoms. The Morgan fingerprint density at radius 3 is 2.23 bits per heavy atom. The van der Waals surface area contributed by atoms with Gasteiger partial charge in [0.15, 0.2) is 11.4 Å². The van der Waals surface area contributed by atoms with E-state index in [2.05, 4.69) is 20.8 Å². The third kappa shape index (κ3) is 4.23. The van der Waals surface area contributed by atoms with Crippen molar-refractivity contribution in [3.8, 4) is 11.5 Å². The molecule has 0 saturated heterocycles. The molecule has 0 aliphatic carbocycles. The highest BCUT2D eigenvalue weighted by atomic mass is 16.9. The Balaban J connectivity index is 2.08. The van der Waals surface area contributed by atoms with Gasteiger partial charge >= 0.3 is 0 Å². The summed E-state index contributed by atoms with van der Waals surface area (Å²) < 4.78 is 6.04. The number of hydrogen-bond donors (Lipinski definition) is 1. The Hall–Kier alpha value is -2.04. The molecule has 0 aromatic heterocycles. The zero-order valence-corrected chi connectivity index (χ0v) is 13.3. The van der Waals surface area contributed by atoms with E-state index in [9.17, 15) is 5.21 Å². The Morgan fingerprint density at radius 2 is 1.59 bits per heavy atom. The van der Waals surface area contributed by atoms with Crippen molar-refractivity contribution in [3.63, 3.8) is 0 Å². The van der Waals surface area contributed by atoms with Crippen LogP contribution in [0.4, 0.5) is 5.69 Å². The number of ether oxygens (including phenoxy) is 1. The van der Waals surface area contributed by atoms with Crippen LogP contribution in [0.1, 0.15) is 33.6 Å². The summed E-state index contributed by atoms with van der Waals surface area (Å²) in [5.74, 6) is 1.20. The molecule has 118 valence electrons. The number of benzene rings is 2. The summed E-state index contributed by atoms with van der Waals surface area (Å²) in [6, 6.07) is 16.2. The van der Waals surface area contributed by atoms with Crippen LogP contribution < -0.4 is 14.8 Å². The van der Waals surface area contributed by atoms with Gasteiger partial charge < -0.3 is 14.8 Å². The number of rotatable bonds is 7. The van der Waals surface area contributed by atoms with Crippen LogP contribution in [0.5, 0.6) is 11.5 Å². The SMILES string of the molecule is CCC(C)(CC)Oc1cccc(O[NH+]([O-])c2ccccc2)c1. The highest BCUT2D eigenvalue weighted by Crippen LogP contribution is 2.26. The van der Waals surface area contributed by atoms with Gasteiger partial charge in [0.25, 0.3) is 0 Å². The van der Waals surface area contributed by atoms with E-state index >= 15 is 0 Å². The van der Waals surface area contributed by atoms with Gasteiger partial charge in [-0.15, -0.1) is 5.23 Å². The summed E-state index contributed by atoms with van der Waals surface area (Å²) in [7, 11) is 0. The Kier molecular flexibility index (Phi) is 5.41. The largest absolute Gasteiger partial charge is 0.585 e. The summed E-state index contributed by atoms with van der Waals surface area (Å²) >= 11 is 0. The molecule has 0 heterocycles. The van der Waals surface area contributed by atoms with E-state index in [0.717, 1.165) is 12.8 Å². The number of quaternary nitrogens is 1. The summed E-state index contributed by atoms with van der Waals surface area (Å²) in [6.45, 7) is 6.28. The normalized spacial score (nSPS) is 12.7. The fourth-order valence-corrected chi connectivity index (χ4v) is 2.02. The molecule has 0 spiro atoms. The maximum Gasteiger partial charge on any atom is 0.194 e. The van der Waals surface area contributed by atoms with Crippen LogP contribution in [0.2, 0.25) is 0 Å². The van der Waals surface area contributed by atoms with Crippen molar-refractivity contribution >= 4 is 5.69 Å². The Morgan fingerprint density at radius 1 is 0.955 bits per heavy atom. The van der Waals surface area contributed by atoms with Gasteiger partial charge in [-0.2, -0.15) is 0 Å². The van der Waals surface area contributed by atoms with Gasteiger partial charge in [0.1, 0.15) is 11.4 Å². The second-order valence-corrected chi connectivity index (χ2v) is 5.49. The molecule has 2 rings (SSSR count). The van der Waals surface area contributed by atoms with Gasteiger partial charge in [0, 0.05) is 18.2 Å². The van der Waals surface area contributed by atoms with Gasteiger partial charge in [-0.05, 0) is 31.9 Å². The van der Waals surface area contributed by atoms with Crippen LogP contribution in [0.15, 0.2) is 54.6 Å². The summed E-state index contributed by atoms with van der Waals surface area (Å²) in [5.41, 5.74) is 0.322. The van der Waals surface area contributed by atoms with Crippen LogP contribution in [0.25, 0.3) is 0 Å². The molecule has 2 aromatic rings. The molecular formula is C18H23NO3. The number of hydrogen-bond acceptors (Lipinski definition) is 3. The zero-order valence-electron chi connectivity index (χ0n) is 13.3. The van der Waals surface area contributed by atoms with Crippen LogP contribution in [0.3, 0.4) is 0 Å². The summed E-state index contributed by atoms with van der Waals surface area (Å²) in [4.78, 5) is 5.40. The van der Waals surface area contributed by atoms with Crippen molar-refractivity contribution in [3.05, 3.63) is 59.8 Å². The predicted octanol–water partition coefficient (Wildman–Crippen LogP) is 3.65. The topological polar surface area (TPSA) is 46.0 Å². The Bertz CT molecular complexity index is 582. The summed E-state index contributed by atoms with van der Waals surface area (Å²) in [5, 5.41) is 11.7. The molecular weight excluding hydrogens is 278 g/mol. The van der Waals surface area contributed by atoms with Crippen LogP contribution >= 0.6 is 0 Å². The standard InChI is InChI=1S/C18H23NO3/c1-4-18(3,5-2)21-16-12-9-13-17(14-16)22-19(20)15-10-7-6-8-11-15/h6-14,19H,4-5H2,1-3H3. The summed E-state index contributed by atoms with van der Waals surface area (Å²) in [6.07, 6.45) is 1.83. The molecule has 0 aliphatic heterocycles. The van der Waals surface area contributed by atoms with Crippen LogP contribution in [0, 0.1) is 5.21 Å². The van der Waals surface area contributed by atoms with Crippen molar-refractivity contribution in [1.29, 1.82) is 0 Å². The lowest BCUT2D eigenvalue weighted by atomic mass is 10.00. The fraction of sp³-hybridized carbons (Fsp3) is 0.333. The first kappa shape index (κ1) is 16.3. The van der Waals surface area contributed by atoms with Crippen LogP contribution in [-0.4, -0.2) is 5.60 Å². The van der Waals surface area contributed by atoms with E-state index in [4.69, 9.17) is 9.57 Å². The molecule has 4 heteroatoms. The van der Waals surface area contributed by atoms with E-state index in [0.29, 0.717) is 17.2 Å². The van der Waals surface area contributed by atoms with E-state index < -0.39 is 0 Å². The highest BCUT2D eigenvalue weighted by Gasteiger charge is 2.21. The maximum absolute atomic E-state index is 12.1. The lowest BCUT2D eigenvalue weighted by Gasteiger charge is -2.28. The maximum atomic E-state index is 12.1. The average Bonchev–Trinajstić information content (AvgIpc) is 2.56. The molecule has 0 saturated carbocycles. The molecule has 0 fully saturated rings. The van der Waals surface area contributed by atoms with Gasteiger partial charge in [-0.1, -0.05) is 38.1 Å². The van der Waals surface area contributed by atoms with Gasteiger partial charge in [-0.25, -0.2) is 0 Å². The third-order valence-corrected chi connectivity index (χ3v) is 3.89. The van der Waals surface area contributed by atoms with Gasteiger partial charge in [0.2, 0.25) is 0 Å². The smallest absolute Gasteiger partial charge is 0.194 e. The molecule has 1 atom stereocenters. The van der Waals surface area contributed by atoms with Gasteiger partial charge in [-0.3, -0.25) is 0 Å². The molecule has 0 aliphatic rings. The van der Waals surface area contributed by atoms with E-state index in [1.165, 1.54) is 0 Å². The minimum absolute atomic E-state index is 0.206. The number of nitrogens with one attached hydrogen (secondary N) is 1. The molecule has 1 unspecified atom stereocenters. The molecule has 4 nitrogen and oxygen atoms in total. The first-order valence-electron chi connectivity index (χ1n) is 7.62. The van der Waals surface area contributed by atoms with E-state index in [1.54, 1.807) is 24.3 Å². The molecule has 0 bridgehead atoms. The molecule has 0 amide bonds. The van der Waals surface area contributed by atoms with Crippen molar-refractivity contribution in [1.82, 2.24) is 0 Å². The monoisotopic (exact) mass is 301 g/mol. The molecule has 0 radical (unpaired) electrons. The van der Waals surface area contributed by atoms with Crippen molar-refractivity contribution in [2.45, 2.75) is 39.2 Å². The molecule has 2 aromatic carbocycles. The van der Waals surface area contributed by atoms with Crippen molar-refractivity contribution < 1.29 is 14.8 Å². The van der Waals surface area contributed by atoms with Crippen molar-refractivity contribution in [2.24, 2.45) is 0 Å².